The van der Waals surface area contributed by atoms with Gasteiger partial charge in [0.05, 0.1) is 0 Å². The molecule has 0 bridgehead atoms. The van der Waals surface area contributed by atoms with Gasteiger partial charge in [0.2, 0.25) is 0 Å². The van der Waals surface area contributed by atoms with Crippen LogP contribution in [0.5, 0.6) is 5.75 Å². The van der Waals surface area contributed by atoms with Gasteiger partial charge in [0, 0.05) is 16.8 Å². The molecule has 0 saturated carbocycles. The summed E-state index contributed by atoms with van der Waals surface area (Å²) in [5, 5.41) is 2.56. The van der Waals surface area contributed by atoms with E-state index in [1.165, 1.54) is 48.5 Å². The van der Waals surface area contributed by atoms with Crippen molar-refractivity contribution in [1.82, 2.24) is 0 Å². The van der Waals surface area contributed by atoms with E-state index in [9.17, 15) is 27.2 Å². The molecule has 0 fully saturated rings. The fourth-order valence-electron chi connectivity index (χ4n) is 1.79. The summed E-state index contributed by atoms with van der Waals surface area (Å²) in [5.41, 5.74) is 1.11. The third-order valence-electron chi connectivity index (χ3n) is 3.17. The Morgan fingerprint density at radius 1 is 1.08 bits per heavy atom. The number of hydrogen-bond donors (Lipinski definition) is 1. The predicted molar refractivity (Wildman–Crippen MR) is 82.7 cm³/mol. The molecule has 132 valence electrons. The Hall–Kier alpha value is -2.90. The number of rotatable bonds is 7. The molecule has 2 aromatic rings. The summed E-state index contributed by atoms with van der Waals surface area (Å²) >= 11 is 0. The summed E-state index contributed by atoms with van der Waals surface area (Å²) in [5.74, 6) is -4.70. The van der Waals surface area contributed by atoms with E-state index in [0.717, 1.165) is 0 Å². The molecule has 25 heavy (non-hydrogen) atoms. The lowest BCUT2D eigenvalue weighted by Crippen LogP contribution is -2.33. The van der Waals surface area contributed by atoms with Crippen molar-refractivity contribution in [2.75, 3.05) is 11.9 Å². The molecule has 0 aliphatic heterocycles. The van der Waals surface area contributed by atoms with E-state index in [1.54, 1.807) is 0 Å². The molecule has 2 rings (SSSR count). The Labute approximate surface area is 140 Å². The second-order valence-electron chi connectivity index (χ2n) is 5.07. The summed E-state index contributed by atoms with van der Waals surface area (Å²) < 4.78 is 54.2. The van der Waals surface area contributed by atoms with Crippen LogP contribution < -0.4 is 10.1 Å². The van der Waals surface area contributed by atoms with E-state index >= 15 is 0 Å². The Morgan fingerprint density at radius 3 is 2.20 bits per heavy atom. The maximum absolute atomic E-state index is 12.8. The maximum Gasteiger partial charge on any atom is 0.340 e. The van der Waals surface area contributed by atoms with Crippen LogP contribution in [-0.2, 0) is 0 Å². The van der Waals surface area contributed by atoms with Crippen LogP contribution in [0.3, 0.4) is 0 Å². The summed E-state index contributed by atoms with van der Waals surface area (Å²) in [6.45, 7) is -1.44. The molecule has 8 heteroatoms. The fraction of sp³-hybridized carbons (Fsp3) is 0.176. The summed E-state index contributed by atoms with van der Waals surface area (Å²) in [4.78, 5) is 22.6. The van der Waals surface area contributed by atoms with E-state index < -0.39 is 24.9 Å². The molecule has 0 spiro atoms. The second kappa shape index (κ2) is 7.78. The average Bonchev–Trinajstić information content (AvgIpc) is 2.61. The largest absolute Gasteiger partial charge is 0.487 e. The maximum atomic E-state index is 12.8. The number of hydrogen-bond acceptors (Lipinski definition) is 3. The topological polar surface area (TPSA) is 55.4 Å². The van der Waals surface area contributed by atoms with Crippen LogP contribution in [0.4, 0.5) is 23.2 Å². The molecule has 1 amide bonds. The van der Waals surface area contributed by atoms with Crippen LogP contribution in [0.25, 0.3) is 0 Å². The van der Waals surface area contributed by atoms with Crippen LogP contribution >= 0.6 is 0 Å². The number of alkyl halides is 4. The molecule has 2 aromatic carbocycles. The van der Waals surface area contributed by atoms with Crippen molar-refractivity contribution in [1.29, 1.82) is 0 Å². The lowest BCUT2D eigenvalue weighted by atomic mass is 10.1. The number of carbonyl (C=O) groups is 2. The van der Waals surface area contributed by atoms with Crippen LogP contribution in [0.15, 0.2) is 48.5 Å². The number of amides is 1. The van der Waals surface area contributed by atoms with Crippen molar-refractivity contribution in [3.05, 3.63) is 59.7 Å². The van der Waals surface area contributed by atoms with Crippen molar-refractivity contribution in [3.8, 4) is 5.75 Å². The first-order chi connectivity index (χ1) is 11.8. The van der Waals surface area contributed by atoms with E-state index in [4.69, 9.17) is 0 Å². The summed E-state index contributed by atoms with van der Waals surface area (Å²) in [7, 11) is 0. The highest BCUT2D eigenvalue weighted by atomic mass is 19.3. The van der Waals surface area contributed by atoms with Gasteiger partial charge in [-0.05, 0) is 36.4 Å². The van der Waals surface area contributed by atoms with Crippen LogP contribution in [0, 0.1) is 0 Å². The van der Waals surface area contributed by atoms with Gasteiger partial charge in [-0.3, -0.25) is 9.59 Å². The molecule has 0 unspecified atom stereocenters. The molecular formula is C17H13F4NO3. The van der Waals surface area contributed by atoms with Gasteiger partial charge < -0.3 is 10.1 Å². The number of nitrogens with one attached hydrogen (secondary N) is 1. The van der Waals surface area contributed by atoms with E-state index in [-0.39, 0.29) is 5.75 Å². The minimum absolute atomic E-state index is 0.0336. The normalized spacial score (nSPS) is 11.2. The molecule has 4 nitrogen and oxygen atoms in total. The van der Waals surface area contributed by atoms with Crippen molar-refractivity contribution in [2.45, 2.75) is 12.3 Å². The lowest BCUT2D eigenvalue weighted by molar-refractivity contribution is -0.148. The summed E-state index contributed by atoms with van der Waals surface area (Å²) in [6, 6.07) is 11.2. The van der Waals surface area contributed by atoms with Gasteiger partial charge in [-0.15, -0.1) is 0 Å². The quantitative estimate of drug-likeness (QED) is 0.603. The van der Waals surface area contributed by atoms with Gasteiger partial charge in [0.1, 0.15) is 12.0 Å². The molecule has 0 heterocycles. The first-order valence-electron chi connectivity index (χ1n) is 7.07. The molecule has 1 N–H and O–H groups in total. The molecule has 0 atom stereocenters. The van der Waals surface area contributed by atoms with E-state index in [2.05, 4.69) is 10.1 Å². The number of anilines is 1. The highest BCUT2D eigenvalue weighted by Crippen LogP contribution is 2.25. The van der Waals surface area contributed by atoms with Crippen LogP contribution in [0.1, 0.15) is 20.7 Å². The molecule has 0 radical (unpaired) electrons. The predicted octanol–water partition coefficient (Wildman–Crippen LogP) is 4.03. The monoisotopic (exact) mass is 355 g/mol. The molecular weight excluding hydrogens is 342 g/mol. The highest BCUT2D eigenvalue weighted by Gasteiger charge is 2.41. The smallest absolute Gasteiger partial charge is 0.340 e. The van der Waals surface area contributed by atoms with Crippen molar-refractivity contribution >= 4 is 17.9 Å². The van der Waals surface area contributed by atoms with Gasteiger partial charge in [0.15, 0.2) is 6.61 Å². The zero-order valence-electron chi connectivity index (χ0n) is 12.7. The summed E-state index contributed by atoms with van der Waals surface area (Å²) in [6.07, 6.45) is -3.16. The number of halogens is 4. The third-order valence-corrected chi connectivity index (χ3v) is 3.17. The molecule has 0 aromatic heterocycles. The fourth-order valence-corrected chi connectivity index (χ4v) is 1.79. The minimum atomic E-state index is -4.24. The van der Waals surface area contributed by atoms with Crippen molar-refractivity contribution in [3.63, 3.8) is 0 Å². The average molecular weight is 355 g/mol. The van der Waals surface area contributed by atoms with Gasteiger partial charge >= 0.3 is 12.3 Å². The number of benzene rings is 2. The lowest BCUT2D eigenvalue weighted by Gasteiger charge is -2.16. The Morgan fingerprint density at radius 2 is 1.68 bits per heavy atom. The number of carbonyl (C=O) groups excluding carboxylic acids is 2. The molecule has 0 aliphatic carbocycles. The van der Waals surface area contributed by atoms with E-state index in [1.807, 2.05) is 0 Å². The molecule has 0 saturated heterocycles. The van der Waals surface area contributed by atoms with E-state index in [0.29, 0.717) is 23.1 Å². The minimum Gasteiger partial charge on any atom is -0.487 e. The van der Waals surface area contributed by atoms with Gasteiger partial charge in [0.25, 0.3) is 5.91 Å². The molecule has 0 aliphatic rings. The second-order valence-corrected chi connectivity index (χ2v) is 5.07. The number of aldehydes is 1. The zero-order chi connectivity index (χ0) is 18.4. The third kappa shape index (κ3) is 5.03. The van der Waals surface area contributed by atoms with Gasteiger partial charge in [-0.2, -0.15) is 8.78 Å². The zero-order valence-corrected chi connectivity index (χ0v) is 12.7. The van der Waals surface area contributed by atoms with Gasteiger partial charge in [-0.1, -0.05) is 12.1 Å². The standard InChI is InChI=1S/C17H13F4NO3/c18-16(19)17(20,21)10-25-14-7-5-13(6-8-14)22-15(24)12-3-1-11(9-23)2-4-12/h1-9,16H,10H2,(H,22,24). The Kier molecular flexibility index (Phi) is 5.74. The Balaban J connectivity index is 1.95. The van der Waals surface area contributed by atoms with Crippen molar-refractivity contribution in [2.24, 2.45) is 0 Å². The Bertz CT molecular complexity index is 731. The van der Waals surface area contributed by atoms with Crippen LogP contribution in [0.2, 0.25) is 0 Å². The van der Waals surface area contributed by atoms with Gasteiger partial charge in [-0.25, -0.2) is 8.78 Å². The first-order valence-corrected chi connectivity index (χ1v) is 7.07. The highest BCUT2D eigenvalue weighted by molar-refractivity contribution is 6.04. The van der Waals surface area contributed by atoms with Crippen LogP contribution in [-0.4, -0.2) is 31.1 Å². The van der Waals surface area contributed by atoms with Crippen molar-refractivity contribution < 1.29 is 31.9 Å². The number of ether oxygens (including phenoxy) is 1. The SMILES string of the molecule is O=Cc1ccc(C(=O)Nc2ccc(OCC(F)(F)C(F)F)cc2)cc1. The first kappa shape index (κ1) is 18.4.